The van der Waals surface area contributed by atoms with E-state index < -0.39 is 68.8 Å². The van der Waals surface area contributed by atoms with Crippen molar-refractivity contribution in [1.29, 1.82) is 0 Å². The predicted octanol–water partition coefficient (Wildman–Crippen LogP) is 1.91. The largest absolute Gasteiger partial charge is 0.462 e. The van der Waals surface area contributed by atoms with Crippen LogP contribution in [0.5, 0.6) is 5.75 Å². The lowest BCUT2D eigenvalue weighted by Gasteiger charge is -2.28. The molecule has 0 aliphatic heterocycles. The van der Waals surface area contributed by atoms with E-state index in [1.165, 1.54) is 26.0 Å². The molecule has 1 aromatic carbocycles. The van der Waals surface area contributed by atoms with Crippen molar-refractivity contribution >= 4 is 13.7 Å². The Morgan fingerprint density at radius 3 is 2.47 bits per heavy atom. The summed E-state index contributed by atoms with van der Waals surface area (Å²) in [5, 5.41) is 13.0. The minimum atomic E-state index is -4.35. The van der Waals surface area contributed by atoms with Crippen LogP contribution in [0.4, 0.5) is 4.39 Å². The van der Waals surface area contributed by atoms with Crippen molar-refractivity contribution < 1.29 is 37.4 Å². The number of alkyl halides is 1. The van der Waals surface area contributed by atoms with E-state index in [0.717, 1.165) is 16.8 Å². The zero-order valence-electron chi connectivity index (χ0n) is 21.3. The molecule has 0 saturated carbocycles. The van der Waals surface area contributed by atoms with Gasteiger partial charge in [-0.1, -0.05) is 24.1 Å². The normalized spacial score (nSPS) is 15.9. The molecule has 14 heteroatoms. The van der Waals surface area contributed by atoms with Gasteiger partial charge in [-0.15, -0.1) is 5.92 Å². The highest BCUT2D eigenvalue weighted by Gasteiger charge is 2.35. The van der Waals surface area contributed by atoms with E-state index in [-0.39, 0.29) is 5.75 Å². The second-order valence-electron chi connectivity index (χ2n) is 8.17. The molecular weight excluding hydrogens is 524 g/mol. The number of halogens is 1. The first kappa shape index (κ1) is 31.0. The van der Waals surface area contributed by atoms with E-state index in [0.29, 0.717) is 0 Å². The van der Waals surface area contributed by atoms with Crippen LogP contribution in [-0.4, -0.2) is 58.3 Å². The third-order valence-electron chi connectivity index (χ3n) is 4.70. The van der Waals surface area contributed by atoms with Gasteiger partial charge in [-0.25, -0.2) is 13.8 Å². The van der Waals surface area contributed by atoms with Gasteiger partial charge in [0, 0.05) is 12.3 Å². The monoisotopic (exact) mass is 555 g/mol. The van der Waals surface area contributed by atoms with Crippen molar-refractivity contribution in [2.24, 2.45) is 0 Å². The number of hydrogen-bond donors (Lipinski definition) is 3. The van der Waals surface area contributed by atoms with Gasteiger partial charge in [0.05, 0.1) is 12.7 Å². The molecule has 1 heterocycles. The Morgan fingerprint density at radius 2 is 1.89 bits per heavy atom. The Bertz CT molecular complexity index is 1270. The summed E-state index contributed by atoms with van der Waals surface area (Å²) in [7, 11) is -4.35. The summed E-state index contributed by atoms with van der Waals surface area (Å²) in [6.07, 6.45) is -4.02. The number of aromatic amines is 1. The van der Waals surface area contributed by atoms with Crippen molar-refractivity contribution in [2.45, 2.75) is 58.3 Å². The molecule has 1 unspecified atom stereocenters. The number of aliphatic hydroxyl groups excluding tert-OH is 1. The summed E-state index contributed by atoms with van der Waals surface area (Å²) in [5.41, 5.74) is -1.65. The maximum atomic E-state index is 13.9. The summed E-state index contributed by atoms with van der Waals surface area (Å²) >= 11 is 0. The predicted molar refractivity (Wildman–Crippen MR) is 135 cm³/mol. The minimum Gasteiger partial charge on any atom is -0.462 e. The molecule has 1 aromatic heterocycles. The molecule has 2 rings (SSSR count). The lowest BCUT2D eigenvalue weighted by molar-refractivity contribution is -0.149. The number of ether oxygens (including phenoxy) is 2. The van der Waals surface area contributed by atoms with Crippen molar-refractivity contribution in [3.63, 3.8) is 0 Å². The molecule has 0 radical (unpaired) electrons. The molecule has 5 atom stereocenters. The van der Waals surface area contributed by atoms with Crippen LogP contribution >= 0.6 is 7.75 Å². The number of benzene rings is 1. The van der Waals surface area contributed by atoms with Crippen LogP contribution in [0.2, 0.25) is 0 Å². The van der Waals surface area contributed by atoms with Crippen LogP contribution in [0, 0.1) is 11.8 Å². The first-order chi connectivity index (χ1) is 18.0. The number of aliphatic hydroxyl groups is 1. The first-order valence-electron chi connectivity index (χ1n) is 11.6. The number of hydrogen-bond acceptors (Lipinski definition) is 9. The minimum absolute atomic E-state index is 0.139. The highest BCUT2D eigenvalue weighted by Crippen LogP contribution is 2.45. The lowest BCUT2D eigenvalue weighted by atomic mass is 10.2. The Balaban J connectivity index is 2.31. The molecule has 12 nitrogen and oxygen atoms in total. The smallest absolute Gasteiger partial charge is 0.459 e. The maximum absolute atomic E-state index is 13.9. The summed E-state index contributed by atoms with van der Waals surface area (Å²) < 4.78 is 50.1. The molecule has 0 bridgehead atoms. The molecule has 0 saturated heterocycles. The van der Waals surface area contributed by atoms with Crippen LogP contribution in [0.25, 0.3) is 0 Å². The van der Waals surface area contributed by atoms with Gasteiger partial charge < -0.3 is 19.1 Å². The van der Waals surface area contributed by atoms with E-state index in [9.17, 15) is 28.4 Å². The van der Waals surface area contributed by atoms with E-state index in [1.807, 2.05) is 4.98 Å². The van der Waals surface area contributed by atoms with E-state index in [2.05, 4.69) is 16.9 Å². The van der Waals surface area contributed by atoms with Crippen LogP contribution in [0.15, 0.2) is 52.2 Å². The Kier molecular flexibility index (Phi) is 11.9. The van der Waals surface area contributed by atoms with Crippen LogP contribution in [0.1, 0.15) is 33.9 Å². The van der Waals surface area contributed by atoms with E-state index >= 15 is 0 Å². The standard InChI is InChI=1S/C24H31FN3O9P/c1-5-9-19(29)20(36-22(14-25)28-13-12-21(30)26-24(28)32)15-34-38(33,37-18-10-7-6-8-11-18)27-17(4)23(31)35-16(2)3/h6-8,10-13,16-17,19-20,22,29H,14-15H2,1-4H3,(H,27,33)(H,26,30,32)/t17-,19-,20+,22+,38?/m0/s1. The number of para-hydroxylation sites is 1. The molecule has 0 spiro atoms. The van der Waals surface area contributed by atoms with Gasteiger partial charge in [-0.3, -0.25) is 23.7 Å². The van der Waals surface area contributed by atoms with Crippen LogP contribution in [0.3, 0.4) is 0 Å². The van der Waals surface area contributed by atoms with E-state index in [1.54, 1.807) is 32.0 Å². The summed E-state index contributed by atoms with van der Waals surface area (Å²) in [5.74, 6) is 4.32. The summed E-state index contributed by atoms with van der Waals surface area (Å²) in [6.45, 7) is 4.22. The highest BCUT2D eigenvalue weighted by molar-refractivity contribution is 7.52. The Labute approximate surface area is 218 Å². The number of aromatic nitrogens is 2. The average molecular weight is 555 g/mol. The van der Waals surface area contributed by atoms with Gasteiger partial charge in [0.15, 0.2) is 6.23 Å². The molecule has 0 aliphatic carbocycles. The Morgan fingerprint density at radius 1 is 1.21 bits per heavy atom. The van der Waals surface area contributed by atoms with Crippen molar-refractivity contribution in [3.8, 4) is 17.6 Å². The van der Waals surface area contributed by atoms with Gasteiger partial charge in [0.2, 0.25) is 0 Å². The molecular formula is C24H31FN3O9P. The third-order valence-corrected chi connectivity index (χ3v) is 6.35. The fourth-order valence-electron chi connectivity index (χ4n) is 2.98. The van der Waals surface area contributed by atoms with Crippen molar-refractivity contribution in [3.05, 3.63) is 63.4 Å². The Hall–Kier alpha value is -3.27. The zero-order chi connectivity index (χ0) is 28.3. The molecule has 38 heavy (non-hydrogen) atoms. The number of carbonyl (C=O) groups is 1. The SMILES string of the molecule is CC#C[C@H](O)[C@@H](COP(=O)(N[C@@H](C)C(=O)OC(C)C)Oc1ccccc1)O[C@H](CF)n1ccc(=O)[nH]c1=O. The van der Waals surface area contributed by atoms with Gasteiger partial charge in [-0.2, -0.15) is 5.09 Å². The number of carbonyl (C=O) groups excluding carboxylic acids is 1. The summed E-state index contributed by atoms with van der Waals surface area (Å²) in [6, 6.07) is 7.81. The fraction of sp³-hybridized carbons (Fsp3) is 0.458. The average Bonchev–Trinajstić information content (AvgIpc) is 2.85. The molecule has 2 aromatic rings. The van der Waals surface area contributed by atoms with Crippen molar-refractivity contribution in [2.75, 3.05) is 13.3 Å². The molecule has 0 amide bonds. The third kappa shape index (κ3) is 9.55. The molecule has 208 valence electrons. The number of nitrogens with zero attached hydrogens (tertiary/aromatic N) is 1. The zero-order valence-corrected chi connectivity index (χ0v) is 22.2. The quantitative estimate of drug-likeness (QED) is 0.179. The fourth-order valence-corrected chi connectivity index (χ4v) is 4.49. The van der Waals surface area contributed by atoms with Gasteiger partial charge in [0.25, 0.3) is 5.56 Å². The molecule has 0 fully saturated rings. The second kappa shape index (κ2) is 14.6. The molecule has 0 aliphatic rings. The summed E-state index contributed by atoms with van der Waals surface area (Å²) in [4.78, 5) is 37.8. The first-order valence-corrected chi connectivity index (χ1v) is 13.1. The van der Waals surface area contributed by atoms with Crippen LogP contribution in [-0.2, 0) is 23.4 Å². The number of H-pyrrole nitrogens is 1. The molecule has 3 N–H and O–H groups in total. The number of nitrogens with one attached hydrogen (secondary N) is 2. The van der Waals surface area contributed by atoms with Crippen molar-refractivity contribution in [1.82, 2.24) is 14.6 Å². The topological polar surface area (TPSA) is 158 Å². The highest BCUT2D eigenvalue weighted by atomic mass is 31.2. The number of esters is 1. The number of rotatable bonds is 14. The van der Waals surface area contributed by atoms with Crippen LogP contribution < -0.4 is 20.9 Å². The van der Waals surface area contributed by atoms with Gasteiger partial charge in [-0.05, 0) is 39.8 Å². The van der Waals surface area contributed by atoms with Gasteiger partial charge in [0.1, 0.15) is 30.7 Å². The lowest BCUT2D eigenvalue weighted by Crippen LogP contribution is -2.41. The second-order valence-corrected chi connectivity index (χ2v) is 9.87. The maximum Gasteiger partial charge on any atom is 0.459 e. The van der Waals surface area contributed by atoms with E-state index in [4.69, 9.17) is 18.5 Å². The van der Waals surface area contributed by atoms with Gasteiger partial charge >= 0.3 is 19.4 Å².